The van der Waals surface area contributed by atoms with Crippen molar-refractivity contribution in [3.63, 3.8) is 0 Å². The van der Waals surface area contributed by atoms with E-state index in [9.17, 15) is 9.59 Å². The summed E-state index contributed by atoms with van der Waals surface area (Å²) in [5, 5.41) is 2.87. The summed E-state index contributed by atoms with van der Waals surface area (Å²) in [6, 6.07) is 7.28. The predicted octanol–water partition coefficient (Wildman–Crippen LogP) is 2.44. The van der Waals surface area contributed by atoms with Crippen LogP contribution >= 0.6 is 0 Å². The number of carbonyl (C=O) groups is 1. The molecule has 1 aliphatic heterocycles. The molecule has 1 aliphatic rings. The van der Waals surface area contributed by atoms with E-state index >= 15 is 0 Å². The van der Waals surface area contributed by atoms with Crippen molar-refractivity contribution in [1.82, 2.24) is 4.90 Å². The average Bonchev–Trinajstić information content (AvgIpc) is 2.91. The fourth-order valence-electron chi connectivity index (χ4n) is 1.99. The number of carbonyl (C=O) groups excluding carboxylic acids is 2. The van der Waals surface area contributed by atoms with Gasteiger partial charge in [-0.05, 0) is 36.6 Å². The Kier molecular flexibility index (Phi) is 4.12. The van der Waals surface area contributed by atoms with Crippen LogP contribution in [0.3, 0.4) is 0 Å². The van der Waals surface area contributed by atoms with Gasteiger partial charge in [0.05, 0.1) is 0 Å². The number of para-hydroxylation sites is 1. The monoisotopic (exact) mass is 243 g/mol. The highest BCUT2D eigenvalue weighted by Crippen LogP contribution is 2.18. The molecule has 1 aromatic carbocycles. The van der Waals surface area contributed by atoms with Crippen molar-refractivity contribution in [2.75, 3.05) is 18.4 Å². The van der Waals surface area contributed by atoms with E-state index in [4.69, 9.17) is 0 Å². The van der Waals surface area contributed by atoms with Gasteiger partial charge in [0.2, 0.25) is 6.29 Å². The first-order valence-corrected chi connectivity index (χ1v) is 6.00. The number of amides is 2. The molecular formula is C14H15N2O2. The van der Waals surface area contributed by atoms with Gasteiger partial charge in [-0.2, -0.15) is 0 Å². The topological polar surface area (TPSA) is 49.4 Å². The van der Waals surface area contributed by atoms with Gasteiger partial charge in [-0.25, -0.2) is 4.79 Å². The summed E-state index contributed by atoms with van der Waals surface area (Å²) in [7, 11) is 0. The summed E-state index contributed by atoms with van der Waals surface area (Å²) in [5.41, 5.74) is 1.51. The molecule has 0 aromatic heterocycles. The van der Waals surface area contributed by atoms with Gasteiger partial charge in [0, 0.05) is 18.8 Å². The molecule has 2 rings (SSSR count). The van der Waals surface area contributed by atoms with Crippen LogP contribution in [-0.2, 0) is 4.79 Å². The smallest absolute Gasteiger partial charge is 0.321 e. The van der Waals surface area contributed by atoms with E-state index in [1.807, 2.05) is 24.3 Å². The zero-order valence-corrected chi connectivity index (χ0v) is 10.1. The minimum absolute atomic E-state index is 0.0802. The Labute approximate surface area is 106 Å². The van der Waals surface area contributed by atoms with Crippen LogP contribution in [-0.4, -0.2) is 30.3 Å². The molecule has 18 heavy (non-hydrogen) atoms. The second kappa shape index (κ2) is 6.00. The van der Waals surface area contributed by atoms with E-state index < -0.39 is 0 Å². The maximum Gasteiger partial charge on any atom is 0.321 e. The van der Waals surface area contributed by atoms with Crippen LogP contribution in [0.4, 0.5) is 10.5 Å². The molecule has 4 nitrogen and oxygen atoms in total. The van der Waals surface area contributed by atoms with Crippen molar-refractivity contribution < 1.29 is 9.59 Å². The highest BCUT2D eigenvalue weighted by Gasteiger charge is 2.18. The number of hydrogen-bond donors (Lipinski definition) is 1. The maximum absolute atomic E-state index is 12.0. The Morgan fingerprint density at radius 3 is 2.72 bits per heavy atom. The zero-order valence-electron chi connectivity index (χ0n) is 10.1. The molecular weight excluding hydrogens is 228 g/mol. The normalized spacial score (nSPS) is 15.0. The Balaban J connectivity index is 2.10. The second-order valence-electron chi connectivity index (χ2n) is 4.16. The summed E-state index contributed by atoms with van der Waals surface area (Å²) >= 11 is 0. The maximum atomic E-state index is 12.0. The van der Waals surface area contributed by atoms with Gasteiger partial charge < -0.3 is 10.2 Å². The highest BCUT2D eigenvalue weighted by molar-refractivity contribution is 5.92. The molecule has 2 amide bonds. The largest absolute Gasteiger partial charge is 0.325 e. The molecule has 1 radical (unpaired) electrons. The van der Waals surface area contributed by atoms with Gasteiger partial charge in [-0.3, -0.25) is 4.79 Å². The summed E-state index contributed by atoms with van der Waals surface area (Å²) in [5.74, 6) is 0. The third-order valence-corrected chi connectivity index (χ3v) is 2.93. The van der Waals surface area contributed by atoms with E-state index in [1.165, 1.54) is 6.08 Å². The molecule has 1 heterocycles. The van der Waals surface area contributed by atoms with E-state index in [1.54, 1.807) is 17.3 Å². The van der Waals surface area contributed by atoms with Crippen LogP contribution < -0.4 is 5.32 Å². The molecule has 1 fully saturated rings. The van der Waals surface area contributed by atoms with Crippen LogP contribution in [0.25, 0.3) is 6.08 Å². The first kappa shape index (κ1) is 12.4. The molecule has 0 bridgehead atoms. The van der Waals surface area contributed by atoms with Crippen molar-refractivity contribution >= 4 is 24.1 Å². The number of urea groups is 1. The number of hydrogen-bond acceptors (Lipinski definition) is 2. The quantitative estimate of drug-likeness (QED) is 0.829. The Hall–Kier alpha value is -2.10. The lowest BCUT2D eigenvalue weighted by Gasteiger charge is -2.17. The summed E-state index contributed by atoms with van der Waals surface area (Å²) in [6.45, 7) is 1.62. The van der Waals surface area contributed by atoms with Gasteiger partial charge in [0.25, 0.3) is 0 Å². The first-order valence-electron chi connectivity index (χ1n) is 6.00. The molecule has 0 saturated carbocycles. The van der Waals surface area contributed by atoms with Crippen LogP contribution in [0, 0.1) is 0 Å². The number of rotatable bonds is 3. The van der Waals surface area contributed by atoms with Crippen LogP contribution in [0.1, 0.15) is 18.4 Å². The minimum atomic E-state index is -0.0802. The van der Waals surface area contributed by atoms with E-state index in [2.05, 4.69) is 5.32 Å². The molecule has 0 unspecified atom stereocenters. The number of nitrogens with zero attached hydrogens (tertiary/aromatic N) is 1. The van der Waals surface area contributed by atoms with Crippen molar-refractivity contribution in [3.8, 4) is 0 Å². The lowest BCUT2D eigenvalue weighted by atomic mass is 10.1. The van der Waals surface area contributed by atoms with Crippen LogP contribution in [0.2, 0.25) is 0 Å². The molecule has 1 aromatic rings. The molecule has 0 atom stereocenters. The number of benzene rings is 1. The average molecular weight is 243 g/mol. The standard InChI is InChI=1S/C14H15N2O2/c17-11-5-7-12-6-1-2-8-13(12)15-14(18)16-9-3-4-10-16/h1-2,5-8H,3-4,9-10H2,(H,15,18)/b7-5+. The van der Waals surface area contributed by atoms with E-state index in [-0.39, 0.29) is 6.03 Å². The SMILES string of the molecule is O=[C]/C=C/c1ccccc1NC(=O)N1CCCC1. The predicted molar refractivity (Wildman–Crippen MR) is 71.0 cm³/mol. The van der Waals surface area contributed by atoms with E-state index in [0.29, 0.717) is 5.69 Å². The second-order valence-corrected chi connectivity index (χ2v) is 4.16. The van der Waals surface area contributed by atoms with E-state index in [0.717, 1.165) is 31.5 Å². The molecule has 0 spiro atoms. The minimum Gasteiger partial charge on any atom is -0.325 e. The molecule has 0 aliphatic carbocycles. The number of anilines is 1. The first-order chi connectivity index (χ1) is 8.81. The van der Waals surface area contributed by atoms with Gasteiger partial charge in [0.15, 0.2) is 0 Å². The van der Waals surface area contributed by atoms with Crippen molar-refractivity contribution in [3.05, 3.63) is 35.9 Å². The van der Waals surface area contributed by atoms with Crippen LogP contribution in [0.15, 0.2) is 30.3 Å². The summed E-state index contributed by atoms with van der Waals surface area (Å²) in [4.78, 5) is 24.0. The fourth-order valence-corrected chi connectivity index (χ4v) is 1.99. The molecule has 1 N–H and O–H groups in total. The van der Waals surface area contributed by atoms with Gasteiger partial charge >= 0.3 is 6.03 Å². The van der Waals surface area contributed by atoms with Gasteiger partial charge in [-0.15, -0.1) is 0 Å². The zero-order chi connectivity index (χ0) is 12.8. The Morgan fingerprint density at radius 1 is 1.28 bits per heavy atom. The Bertz CT molecular complexity index is 463. The summed E-state index contributed by atoms with van der Waals surface area (Å²) < 4.78 is 0. The van der Waals surface area contributed by atoms with Crippen LogP contribution in [0.5, 0.6) is 0 Å². The molecule has 4 heteroatoms. The number of nitrogens with one attached hydrogen (secondary N) is 1. The number of allylic oxidation sites excluding steroid dienone is 1. The lowest BCUT2D eigenvalue weighted by molar-refractivity contribution is 0.222. The summed E-state index contributed by atoms with van der Waals surface area (Å²) in [6.07, 6.45) is 6.75. The molecule has 93 valence electrons. The molecule has 1 saturated heterocycles. The highest BCUT2D eigenvalue weighted by atomic mass is 16.2. The van der Waals surface area contributed by atoms with Crippen molar-refractivity contribution in [1.29, 1.82) is 0 Å². The van der Waals surface area contributed by atoms with Gasteiger partial charge in [-0.1, -0.05) is 18.2 Å². The third kappa shape index (κ3) is 2.97. The third-order valence-electron chi connectivity index (χ3n) is 2.93. The van der Waals surface area contributed by atoms with Gasteiger partial charge in [0.1, 0.15) is 0 Å². The van der Waals surface area contributed by atoms with Crippen molar-refractivity contribution in [2.24, 2.45) is 0 Å². The Morgan fingerprint density at radius 2 is 2.00 bits per heavy atom. The fraction of sp³-hybridized carbons (Fsp3) is 0.286. The lowest BCUT2D eigenvalue weighted by Crippen LogP contribution is -2.32. The van der Waals surface area contributed by atoms with Crippen molar-refractivity contribution in [2.45, 2.75) is 12.8 Å². The number of likely N-dealkylation sites (tertiary alicyclic amines) is 1.